The molecule has 0 N–H and O–H groups in total. The second-order valence-electron chi connectivity index (χ2n) is 11.7. The minimum Gasteiger partial charge on any atom is -1.00 e. The molecule has 206 valence electrons. The van der Waals surface area contributed by atoms with Crippen molar-refractivity contribution in [2.24, 2.45) is 11.3 Å². The van der Waals surface area contributed by atoms with E-state index in [2.05, 4.69) is 121 Å². The largest absolute Gasteiger partial charge is 1.00 e. The van der Waals surface area contributed by atoms with Crippen molar-refractivity contribution >= 4 is 18.6 Å². The molecule has 40 heavy (non-hydrogen) atoms. The third kappa shape index (κ3) is 6.09. The molecule has 3 heteroatoms. The van der Waals surface area contributed by atoms with Crippen LogP contribution >= 0.6 is 0 Å². The molecule has 1 atom stereocenters. The van der Waals surface area contributed by atoms with E-state index in [9.17, 15) is 0 Å². The summed E-state index contributed by atoms with van der Waals surface area (Å²) in [5.74, 6) is 0.531. The van der Waals surface area contributed by atoms with Crippen molar-refractivity contribution in [2.45, 2.75) is 53.9 Å². The summed E-state index contributed by atoms with van der Waals surface area (Å²) in [7, 11) is 0. The Morgan fingerprint density at radius 3 is 2.17 bits per heavy atom. The SMILES string of the molecule is C=Cc1ccc2c(c1)-c1cc(C=C)c[c](/[Zr+2]([C]3=CC(C(C)(C)C)=CC3CC)=[C](/CC)c3ccccc3)c1C2.[Cl-].[Cl-]. The Hall–Kier alpha value is -2.05. The average Bonchev–Trinajstić information content (AvgIpc) is 3.53. The summed E-state index contributed by atoms with van der Waals surface area (Å²) in [5.41, 5.74) is 11.3. The van der Waals surface area contributed by atoms with Crippen molar-refractivity contribution in [1.29, 1.82) is 0 Å². The van der Waals surface area contributed by atoms with Gasteiger partial charge in [0.1, 0.15) is 0 Å². The van der Waals surface area contributed by atoms with Gasteiger partial charge in [-0.1, -0.05) is 0 Å². The molecule has 0 amide bonds. The number of hydrogen-bond acceptors (Lipinski definition) is 0. The van der Waals surface area contributed by atoms with Gasteiger partial charge in [0.25, 0.3) is 0 Å². The van der Waals surface area contributed by atoms with Crippen molar-refractivity contribution in [3.05, 3.63) is 123 Å². The first-order valence-electron chi connectivity index (χ1n) is 14.1. The fraction of sp³-hybridized carbons (Fsp3) is 0.270. The smallest absolute Gasteiger partial charge is 1.00 e. The molecule has 2 aliphatic carbocycles. The minimum atomic E-state index is -2.58. The van der Waals surface area contributed by atoms with Gasteiger partial charge in [-0.2, -0.15) is 0 Å². The van der Waals surface area contributed by atoms with Crippen LogP contribution in [0, 0.1) is 11.3 Å². The normalized spacial score (nSPS) is 15.5. The van der Waals surface area contributed by atoms with E-state index in [0.29, 0.717) is 5.92 Å². The minimum absolute atomic E-state index is 0. The van der Waals surface area contributed by atoms with Crippen LogP contribution in [0.4, 0.5) is 0 Å². The third-order valence-electron chi connectivity index (χ3n) is 8.27. The molecule has 0 saturated heterocycles. The molecule has 3 aromatic carbocycles. The summed E-state index contributed by atoms with van der Waals surface area (Å²) in [6.45, 7) is 20.1. The van der Waals surface area contributed by atoms with Gasteiger partial charge in [-0.25, -0.2) is 0 Å². The van der Waals surface area contributed by atoms with Crippen LogP contribution in [-0.2, 0) is 27.7 Å². The Kier molecular flexibility index (Phi) is 10.8. The van der Waals surface area contributed by atoms with E-state index in [4.69, 9.17) is 0 Å². The van der Waals surface area contributed by atoms with Crippen molar-refractivity contribution in [3.63, 3.8) is 0 Å². The van der Waals surface area contributed by atoms with Crippen LogP contribution in [0.5, 0.6) is 0 Å². The van der Waals surface area contributed by atoms with Crippen LogP contribution in [0.3, 0.4) is 0 Å². The van der Waals surface area contributed by atoms with Crippen LogP contribution in [0.15, 0.2) is 94.8 Å². The van der Waals surface area contributed by atoms with E-state index in [1.807, 2.05) is 12.2 Å². The summed E-state index contributed by atoms with van der Waals surface area (Å²) in [4.78, 5) is 0. The number of benzene rings is 3. The van der Waals surface area contributed by atoms with Crippen molar-refractivity contribution in [1.82, 2.24) is 0 Å². The first-order valence-corrected chi connectivity index (χ1v) is 17.8. The van der Waals surface area contributed by atoms with Crippen LogP contribution < -0.4 is 28.1 Å². The molecule has 0 spiro atoms. The molecule has 0 fully saturated rings. The molecule has 3 aromatic rings. The second kappa shape index (κ2) is 13.3. The first-order chi connectivity index (χ1) is 18.3. The van der Waals surface area contributed by atoms with Gasteiger partial charge in [-0.05, 0) is 0 Å². The van der Waals surface area contributed by atoms with Crippen molar-refractivity contribution in [3.8, 4) is 11.1 Å². The molecule has 5 rings (SSSR count). The summed E-state index contributed by atoms with van der Waals surface area (Å²) in [6.07, 6.45) is 12.5. The maximum Gasteiger partial charge on any atom is -1.00 e. The van der Waals surface area contributed by atoms with E-state index in [1.54, 1.807) is 15.3 Å². The van der Waals surface area contributed by atoms with Gasteiger partial charge in [0, 0.05) is 0 Å². The van der Waals surface area contributed by atoms with Gasteiger partial charge in [-0.3, -0.25) is 0 Å². The Bertz CT molecular complexity index is 1510. The predicted molar refractivity (Wildman–Crippen MR) is 165 cm³/mol. The quantitative estimate of drug-likeness (QED) is 0.289. The Morgan fingerprint density at radius 1 is 0.900 bits per heavy atom. The Balaban J connectivity index is 0.00000220. The van der Waals surface area contributed by atoms with E-state index < -0.39 is 21.3 Å². The van der Waals surface area contributed by atoms with Gasteiger partial charge in [-0.15, -0.1) is 0 Å². The molecule has 0 saturated carbocycles. The van der Waals surface area contributed by atoms with Gasteiger partial charge in [0.15, 0.2) is 0 Å². The molecule has 1 unspecified atom stereocenters. The van der Waals surface area contributed by atoms with Crippen LogP contribution in [0.1, 0.15) is 75.3 Å². The van der Waals surface area contributed by atoms with Gasteiger partial charge in [0.2, 0.25) is 0 Å². The number of hydrogen-bond donors (Lipinski definition) is 0. The summed E-state index contributed by atoms with van der Waals surface area (Å²) < 4.78 is 5.09. The van der Waals surface area contributed by atoms with E-state index in [0.717, 1.165) is 19.3 Å². The van der Waals surface area contributed by atoms with E-state index in [1.165, 1.54) is 39.0 Å². The third-order valence-corrected chi connectivity index (χ3v) is 16.4. The fourth-order valence-corrected chi connectivity index (χ4v) is 14.9. The summed E-state index contributed by atoms with van der Waals surface area (Å²) in [5, 5.41) is 0. The molecule has 0 nitrogen and oxygen atoms in total. The van der Waals surface area contributed by atoms with E-state index in [-0.39, 0.29) is 30.2 Å². The van der Waals surface area contributed by atoms with Crippen LogP contribution in [0.25, 0.3) is 23.3 Å². The second-order valence-corrected chi connectivity index (χ2v) is 17.7. The van der Waals surface area contributed by atoms with Gasteiger partial charge in [0.05, 0.1) is 0 Å². The molecular formula is C37H40Cl2Zr. The maximum absolute atomic E-state index is 4.22. The zero-order valence-corrected chi connectivity index (χ0v) is 28.4. The number of halogens is 2. The topological polar surface area (TPSA) is 0 Å². The van der Waals surface area contributed by atoms with Gasteiger partial charge < -0.3 is 24.8 Å². The van der Waals surface area contributed by atoms with Crippen molar-refractivity contribution in [2.75, 3.05) is 0 Å². The van der Waals surface area contributed by atoms with Crippen LogP contribution in [-0.4, -0.2) is 3.21 Å². The summed E-state index contributed by atoms with van der Waals surface area (Å²) in [6, 6.07) is 23.0. The molecule has 2 aliphatic rings. The maximum atomic E-state index is 4.22. The molecular weight excluding hydrogens is 607 g/mol. The first kappa shape index (κ1) is 32.5. The Morgan fingerprint density at radius 2 is 1.57 bits per heavy atom. The number of rotatable bonds is 7. The number of allylic oxidation sites excluding steroid dienone is 4. The molecule has 0 bridgehead atoms. The molecule has 0 heterocycles. The summed E-state index contributed by atoms with van der Waals surface area (Å²) >= 11 is -2.58. The zero-order valence-electron chi connectivity index (χ0n) is 24.5. The van der Waals surface area contributed by atoms with Gasteiger partial charge >= 0.3 is 239 Å². The van der Waals surface area contributed by atoms with E-state index >= 15 is 0 Å². The molecule has 0 aromatic heterocycles. The molecule has 0 radical (unpaired) electrons. The standard InChI is InChI=1S/C17H13.C11H17.C9H10.2ClH.Zr/c1-3-12-5-7-14-11-15-8-6-13(4-2)10-17(15)16(14)9-12;1-5-9-6-7-10(8-9)11(2,3)4;1-2-6-9-7-4-3-5-8-9;;;/h3-7,9-10H,1-2,11H2;7-9H,5H2,1-4H3;3-5,7-8H,2H2,1H3;2*1H;/q;;;;;+2/p-2. The zero-order chi connectivity index (χ0) is 27.0. The molecule has 0 aliphatic heterocycles. The van der Waals surface area contributed by atoms with Crippen LogP contribution in [0.2, 0.25) is 0 Å². The predicted octanol–water partition coefficient (Wildman–Crippen LogP) is 3.32. The Labute approximate surface area is 262 Å². The monoisotopic (exact) mass is 644 g/mol. The fourth-order valence-electron chi connectivity index (χ4n) is 6.13. The van der Waals surface area contributed by atoms with Crippen molar-refractivity contribution < 1.29 is 46.1 Å². The number of fused-ring (bicyclic) bond motifs is 3. The average molecular weight is 647 g/mol.